The molecular weight excluding hydrogens is 444 g/mol. The third kappa shape index (κ3) is 7.67. The van der Waals surface area contributed by atoms with Crippen molar-refractivity contribution in [2.75, 3.05) is 45.6 Å². The number of rotatable bonds is 11. The van der Waals surface area contributed by atoms with E-state index in [1.165, 1.54) is 66.7 Å². The second-order valence-electron chi connectivity index (χ2n) is 10.8. The molecule has 36 heavy (non-hydrogen) atoms. The third-order valence-electron chi connectivity index (χ3n) is 7.75. The molecule has 0 aromatic carbocycles. The first-order chi connectivity index (χ1) is 17.4. The minimum atomic E-state index is 0.329. The predicted molar refractivity (Wildman–Crippen MR) is 155 cm³/mol. The molecule has 1 aromatic rings. The SMILES string of the molecule is C=C/C(Cc1cc(C2CCN(C3CCNCC3)CC2)nc(NC(C)C)c1CNC)=C(C)\C=C(\C)NC. The topological polar surface area (TPSA) is 64.2 Å². The normalized spacial score (nSPS) is 19.4. The molecule has 0 atom stereocenters. The first kappa shape index (κ1) is 28.4. The van der Waals surface area contributed by atoms with Gasteiger partial charge in [0, 0.05) is 48.5 Å². The van der Waals surface area contributed by atoms with E-state index in [0.717, 1.165) is 43.6 Å². The molecule has 0 spiro atoms. The highest BCUT2D eigenvalue weighted by Gasteiger charge is 2.28. The van der Waals surface area contributed by atoms with Crippen LogP contribution >= 0.6 is 0 Å². The number of pyridine rings is 1. The van der Waals surface area contributed by atoms with Crippen LogP contribution in [0, 0.1) is 0 Å². The third-order valence-corrected chi connectivity index (χ3v) is 7.75. The average molecular weight is 495 g/mol. The molecule has 0 unspecified atom stereocenters. The lowest BCUT2D eigenvalue weighted by Crippen LogP contribution is -2.46. The van der Waals surface area contributed by atoms with Crippen LogP contribution < -0.4 is 21.3 Å². The van der Waals surface area contributed by atoms with Crippen molar-refractivity contribution in [3.8, 4) is 0 Å². The molecule has 6 heteroatoms. The summed E-state index contributed by atoms with van der Waals surface area (Å²) >= 11 is 0. The Morgan fingerprint density at radius 1 is 1.17 bits per heavy atom. The smallest absolute Gasteiger partial charge is 0.131 e. The molecule has 4 N–H and O–H groups in total. The predicted octanol–water partition coefficient (Wildman–Crippen LogP) is 4.72. The molecule has 6 nitrogen and oxygen atoms in total. The Morgan fingerprint density at radius 2 is 1.86 bits per heavy atom. The number of aromatic nitrogens is 1. The highest BCUT2D eigenvalue weighted by atomic mass is 15.2. The molecule has 2 aliphatic heterocycles. The minimum Gasteiger partial charge on any atom is -0.392 e. The maximum absolute atomic E-state index is 5.25. The van der Waals surface area contributed by atoms with Crippen LogP contribution in [0.5, 0.6) is 0 Å². The molecule has 3 rings (SSSR count). The highest BCUT2D eigenvalue weighted by molar-refractivity contribution is 5.53. The molecule has 0 amide bonds. The van der Waals surface area contributed by atoms with Gasteiger partial charge in [-0.05, 0) is 122 Å². The van der Waals surface area contributed by atoms with Gasteiger partial charge in [-0.25, -0.2) is 4.98 Å². The fourth-order valence-corrected chi connectivity index (χ4v) is 5.58. The zero-order valence-corrected chi connectivity index (χ0v) is 23.6. The molecule has 3 heterocycles. The summed E-state index contributed by atoms with van der Waals surface area (Å²) in [7, 11) is 3.98. The molecule has 2 saturated heterocycles. The van der Waals surface area contributed by atoms with Gasteiger partial charge in [0.15, 0.2) is 0 Å². The van der Waals surface area contributed by atoms with Gasteiger partial charge in [0.05, 0.1) is 0 Å². The number of nitrogens with one attached hydrogen (secondary N) is 4. The Kier molecular flexibility index (Phi) is 11.0. The van der Waals surface area contributed by atoms with Crippen LogP contribution in [-0.2, 0) is 13.0 Å². The van der Waals surface area contributed by atoms with Crippen molar-refractivity contribution in [3.63, 3.8) is 0 Å². The first-order valence-corrected chi connectivity index (χ1v) is 13.9. The summed E-state index contributed by atoms with van der Waals surface area (Å²) in [6, 6.07) is 3.48. The second-order valence-corrected chi connectivity index (χ2v) is 10.8. The summed E-state index contributed by atoms with van der Waals surface area (Å²) in [5.74, 6) is 1.55. The van der Waals surface area contributed by atoms with Crippen LogP contribution in [0.4, 0.5) is 5.82 Å². The number of hydrogen-bond donors (Lipinski definition) is 4. The maximum Gasteiger partial charge on any atom is 0.131 e. The summed E-state index contributed by atoms with van der Waals surface area (Å²) in [4.78, 5) is 7.98. The van der Waals surface area contributed by atoms with Gasteiger partial charge in [-0.15, -0.1) is 0 Å². The van der Waals surface area contributed by atoms with E-state index in [1.807, 2.05) is 20.2 Å². The molecule has 2 aliphatic rings. The van der Waals surface area contributed by atoms with Crippen LogP contribution in [-0.4, -0.2) is 62.2 Å². The second kappa shape index (κ2) is 14.0. The van der Waals surface area contributed by atoms with E-state index in [0.29, 0.717) is 12.0 Å². The Bertz CT molecular complexity index is 918. The number of allylic oxidation sites excluding steroid dienone is 5. The van der Waals surface area contributed by atoms with E-state index in [2.05, 4.69) is 72.6 Å². The fourth-order valence-electron chi connectivity index (χ4n) is 5.58. The van der Waals surface area contributed by atoms with Crippen molar-refractivity contribution < 1.29 is 0 Å². The van der Waals surface area contributed by atoms with Crippen LogP contribution in [0.15, 0.2) is 41.6 Å². The minimum absolute atomic E-state index is 0.329. The molecule has 0 radical (unpaired) electrons. The lowest BCUT2D eigenvalue weighted by Gasteiger charge is -2.39. The monoisotopic (exact) mass is 494 g/mol. The molecule has 0 saturated carbocycles. The van der Waals surface area contributed by atoms with Gasteiger partial charge in [-0.3, -0.25) is 0 Å². The van der Waals surface area contributed by atoms with Crippen molar-refractivity contribution >= 4 is 5.82 Å². The van der Waals surface area contributed by atoms with Crippen LogP contribution in [0.25, 0.3) is 0 Å². The Hall–Kier alpha value is -2.15. The number of anilines is 1. The largest absolute Gasteiger partial charge is 0.392 e. The van der Waals surface area contributed by atoms with Crippen molar-refractivity contribution in [1.82, 2.24) is 25.8 Å². The van der Waals surface area contributed by atoms with E-state index in [9.17, 15) is 0 Å². The molecule has 0 aliphatic carbocycles. The number of piperidine rings is 2. The van der Waals surface area contributed by atoms with Gasteiger partial charge in [0.1, 0.15) is 5.82 Å². The Balaban J connectivity index is 1.92. The molecule has 1 aromatic heterocycles. The summed E-state index contributed by atoms with van der Waals surface area (Å²) < 4.78 is 0. The van der Waals surface area contributed by atoms with E-state index >= 15 is 0 Å². The molecule has 0 bridgehead atoms. The summed E-state index contributed by atoms with van der Waals surface area (Å²) in [6.45, 7) is 18.3. The van der Waals surface area contributed by atoms with Crippen molar-refractivity contribution in [3.05, 3.63) is 58.5 Å². The standard InChI is InChI=1S/C30H50N6/c1-8-24(22(4)17-23(5)32-7)18-26-19-29(35-30(34-21(2)3)28(26)20-31-6)25-11-15-36(16-12-25)27-9-13-33-14-10-27/h8,17,19,21,25,27,31-33H,1,9-16,18,20H2,2-7H3,(H,34,35)/b23-17-,24-22+. The van der Waals surface area contributed by atoms with Gasteiger partial charge >= 0.3 is 0 Å². The number of nitrogens with zero attached hydrogens (tertiary/aromatic N) is 2. The lowest BCUT2D eigenvalue weighted by atomic mass is 9.88. The Labute approximate surface area is 220 Å². The quantitative estimate of drug-likeness (QED) is 0.334. The van der Waals surface area contributed by atoms with E-state index in [4.69, 9.17) is 4.98 Å². The number of likely N-dealkylation sites (tertiary alicyclic amines) is 1. The van der Waals surface area contributed by atoms with Crippen LogP contribution in [0.1, 0.15) is 76.1 Å². The van der Waals surface area contributed by atoms with E-state index in [-0.39, 0.29) is 0 Å². The van der Waals surface area contributed by atoms with Gasteiger partial charge < -0.3 is 26.2 Å². The summed E-state index contributed by atoms with van der Waals surface area (Å²) in [6.07, 6.45) is 10.0. The van der Waals surface area contributed by atoms with E-state index in [1.54, 1.807) is 0 Å². The van der Waals surface area contributed by atoms with E-state index < -0.39 is 0 Å². The van der Waals surface area contributed by atoms with Crippen molar-refractivity contribution in [2.45, 2.75) is 84.3 Å². The highest BCUT2D eigenvalue weighted by Crippen LogP contribution is 2.33. The fraction of sp³-hybridized carbons (Fsp3) is 0.633. The van der Waals surface area contributed by atoms with Gasteiger partial charge in [-0.1, -0.05) is 12.7 Å². The van der Waals surface area contributed by atoms with Crippen LogP contribution in [0.2, 0.25) is 0 Å². The molecular formula is C30H50N6. The van der Waals surface area contributed by atoms with Crippen molar-refractivity contribution in [2.24, 2.45) is 0 Å². The first-order valence-electron chi connectivity index (χ1n) is 13.9. The average Bonchev–Trinajstić information content (AvgIpc) is 2.88. The molecule has 200 valence electrons. The van der Waals surface area contributed by atoms with Crippen molar-refractivity contribution in [1.29, 1.82) is 0 Å². The molecule has 2 fully saturated rings. The van der Waals surface area contributed by atoms with Gasteiger partial charge in [0.2, 0.25) is 0 Å². The Morgan fingerprint density at radius 3 is 2.44 bits per heavy atom. The summed E-state index contributed by atoms with van der Waals surface area (Å²) in [5.41, 5.74) is 7.53. The van der Waals surface area contributed by atoms with Gasteiger partial charge in [-0.2, -0.15) is 0 Å². The maximum atomic E-state index is 5.25. The summed E-state index contributed by atoms with van der Waals surface area (Å²) in [5, 5.41) is 13.8. The zero-order chi connectivity index (χ0) is 26.1. The van der Waals surface area contributed by atoms with Crippen LogP contribution in [0.3, 0.4) is 0 Å². The lowest BCUT2D eigenvalue weighted by molar-refractivity contribution is 0.126. The zero-order valence-electron chi connectivity index (χ0n) is 23.6. The number of hydrogen-bond acceptors (Lipinski definition) is 6. The van der Waals surface area contributed by atoms with Gasteiger partial charge in [0.25, 0.3) is 0 Å².